The Labute approximate surface area is 205 Å². The van der Waals surface area contributed by atoms with Crippen LogP contribution in [0.15, 0.2) is 36.4 Å². The zero-order valence-corrected chi connectivity index (χ0v) is 20.4. The Bertz CT molecular complexity index is 1120. The van der Waals surface area contributed by atoms with E-state index in [2.05, 4.69) is 28.5 Å². The lowest BCUT2D eigenvalue weighted by Gasteiger charge is -2.40. The van der Waals surface area contributed by atoms with Gasteiger partial charge >= 0.3 is 6.03 Å². The topological polar surface area (TPSA) is 88.5 Å². The van der Waals surface area contributed by atoms with Crippen LogP contribution in [0.5, 0.6) is 0 Å². The number of carbonyl (C=O) groups is 2. The summed E-state index contributed by atoms with van der Waals surface area (Å²) >= 11 is 6.40. The van der Waals surface area contributed by atoms with Gasteiger partial charge in [-0.1, -0.05) is 17.7 Å². The maximum atomic E-state index is 12.8. The Balaban J connectivity index is 1.40. The summed E-state index contributed by atoms with van der Waals surface area (Å²) in [5.41, 5.74) is 3.50. The van der Waals surface area contributed by atoms with Crippen LogP contribution in [0.25, 0.3) is 0 Å². The minimum absolute atomic E-state index is 0.0310. The molecule has 2 fully saturated rings. The van der Waals surface area contributed by atoms with Crippen LogP contribution < -0.4 is 10.6 Å². The van der Waals surface area contributed by atoms with Crippen molar-refractivity contribution < 1.29 is 9.59 Å². The molecule has 3 amide bonds. The first-order valence-electron chi connectivity index (χ1n) is 11.7. The lowest BCUT2D eigenvalue weighted by atomic mass is 10.0. The Morgan fingerprint density at radius 2 is 2.00 bits per heavy atom. The average Bonchev–Trinajstić information content (AvgIpc) is 3.65. The van der Waals surface area contributed by atoms with E-state index in [0.29, 0.717) is 40.8 Å². The van der Waals surface area contributed by atoms with Crippen LogP contribution in [0.1, 0.15) is 46.8 Å². The van der Waals surface area contributed by atoms with Gasteiger partial charge in [0.1, 0.15) is 0 Å². The summed E-state index contributed by atoms with van der Waals surface area (Å²) in [4.78, 5) is 29.5. The normalized spacial score (nSPS) is 18.3. The Kier molecular flexibility index (Phi) is 7.40. The van der Waals surface area contributed by atoms with Gasteiger partial charge in [0, 0.05) is 55.0 Å². The molecule has 0 radical (unpaired) electrons. The van der Waals surface area contributed by atoms with Gasteiger partial charge in [-0.15, -0.1) is 0 Å². The molecule has 7 nitrogen and oxygen atoms in total. The fourth-order valence-electron chi connectivity index (χ4n) is 4.33. The van der Waals surface area contributed by atoms with E-state index in [1.54, 1.807) is 30.3 Å². The number of hydrogen-bond donors (Lipinski definition) is 2. The molecule has 2 aromatic carbocycles. The van der Waals surface area contributed by atoms with Crippen molar-refractivity contribution in [1.82, 2.24) is 15.1 Å². The number of nitrogens with zero attached hydrogens (tertiary/aromatic N) is 3. The molecule has 2 aliphatic rings. The molecular formula is C26H30ClN5O2. The van der Waals surface area contributed by atoms with Crippen molar-refractivity contribution in [3.8, 4) is 6.07 Å². The first-order chi connectivity index (χ1) is 16.3. The Hall–Kier alpha value is -3.08. The summed E-state index contributed by atoms with van der Waals surface area (Å²) in [7, 11) is 0. The van der Waals surface area contributed by atoms with E-state index in [-0.39, 0.29) is 18.0 Å². The van der Waals surface area contributed by atoms with Gasteiger partial charge in [-0.25, -0.2) is 4.79 Å². The van der Waals surface area contributed by atoms with Gasteiger partial charge in [0.05, 0.1) is 11.6 Å². The Morgan fingerprint density at radius 1 is 1.21 bits per heavy atom. The molecular weight excluding hydrogens is 450 g/mol. The van der Waals surface area contributed by atoms with E-state index < -0.39 is 0 Å². The number of anilines is 1. The summed E-state index contributed by atoms with van der Waals surface area (Å²) in [6, 6.07) is 12.5. The second-order valence-electron chi connectivity index (χ2n) is 9.29. The fraction of sp³-hybridized carbons (Fsp3) is 0.423. The summed E-state index contributed by atoms with van der Waals surface area (Å²) < 4.78 is 0. The van der Waals surface area contributed by atoms with Crippen molar-refractivity contribution in [3.05, 3.63) is 63.7 Å². The molecule has 0 spiro atoms. The van der Waals surface area contributed by atoms with Gasteiger partial charge in [-0.2, -0.15) is 5.26 Å². The SMILES string of the molecule is Cc1c(CN2CCN(C(=O)NCC3CC3)C(C)C2)cc(Cl)cc1NC(=O)c1cccc(C#N)c1. The summed E-state index contributed by atoms with van der Waals surface area (Å²) in [6.07, 6.45) is 2.44. The molecule has 4 rings (SSSR count). The fourth-order valence-corrected chi connectivity index (χ4v) is 4.57. The lowest BCUT2D eigenvalue weighted by Crippen LogP contribution is -2.56. The molecule has 1 aliphatic heterocycles. The van der Waals surface area contributed by atoms with Crippen molar-refractivity contribution in [2.24, 2.45) is 5.92 Å². The van der Waals surface area contributed by atoms with Crippen molar-refractivity contribution in [3.63, 3.8) is 0 Å². The highest BCUT2D eigenvalue weighted by molar-refractivity contribution is 6.31. The van der Waals surface area contributed by atoms with E-state index >= 15 is 0 Å². The van der Waals surface area contributed by atoms with Crippen LogP contribution in [0.2, 0.25) is 5.02 Å². The van der Waals surface area contributed by atoms with Crippen molar-refractivity contribution in [1.29, 1.82) is 5.26 Å². The van der Waals surface area contributed by atoms with E-state index in [4.69, 9.17) is 16.9 Å². The van der Waals surface area contributed by atoms with Gasteiger partial charge in [0.25, 0.3) is 5.91 Å². The first-order valence-corrected chi connectivity index (χ1v) is 12.1. The number of halogens is 1. The van der Waals surface area contributed by atoms with Crippen molar-refractivity contribution >= 4 is 29.2 Å². The predicted molar refractivity (Wildman–Crippen MR) is 133 cm³/mol. The third-order valence-corrected chi connectivity index (χ3v) is 6.81. The monoisotopic (exact) mass is 479 g/mol. The molecule has 1 atom stereocenters. The van der Waals surface area contributed by atoms with Crippen LogP contribution in [-0.4, -0.2) is 54.0 Å². The van der Waals surface area contributed by atoms with E-state index in [1.165, 1.54) is 12.8 Å². The number of nitriles is 1. The summed E-state index contributed by atoms with van der Waals surface area (Å²) in [6.45, 7) is 7.73. The minimum Gasteiger partial charge on any atom is -0.338 e. The van der Waals surface area contributed by atoms with Crippen LogP contribution in [0.4, 0.5) is 10.5 Å². The van der Waals surface area contributed by atoms with Crippen LogP contribution in [0, 0.1) is 24.2 Å². The minimum atomic E-state index is -0.284. The molecule has 1 saturated carbocycles. The first kappa shape index (κ1) is 24.1. The zero-order chi connectivity index (χ0) is 24.2. The highest BCUT2D eigenvalue weighted by Gasteiger charge is 2.29. The molecule has 8 heteroatoms. The number of piperazine rings is 1. The molecule has 34 heavy (non-hydrogen) atoms. The molecule has 0 bridgehead atoms. The lowest BCUT2D eigenvalue weighted by molar-refractivity contribution is 0.0973. The Morgan fingerprint density at radius 3 is 2.71 bits per heavy atom. The second-order valence-corrected chi connectivity index (χ2v) is 9.73. The van der Waals surface area contributed by atoms with Crippen molar-refractivity contribution in [2.45, 2.75) is 39.3 Å². The standard InChI is InChI=1S/C26H30ClN5O2/c1-17-15-31(8-9-32(17)26(34)29-14-19-6-7-19)16-22-11-23(27)12-24(18(22)2)30-25(33)21-5-3-4-20(10-21)13-28/h3-5,10-12,17,19H,6-9,14-16H2,1-2H3,(H,29,34)(H,30,33). The maximum absolute atomic E-state index is 12.8. The number of rotatable bonds is 6. The smallest absolute Gasteiger partial charge is 0.317 e. The molecule has 1 aliphatic carbocycles. The van der Waals surface area contributed by atoms with Crippen LogP contribution in [0.3, 0.4) is 0 Å². The number of carbonyl (C=O) groups excluding carboxylic acids is 2. The third-order valence-electron chi connectivity index (χ3n) is 6.59. The van der Waals surface area contributed by atoms with Gasteiger partial charge in [0.15, 0.2) is 0 Å². The molecule has 1 saturated heterocycles. The van der Waals surface area contributed by atoms with Gasteiger partial charge < -0.3 is 15.5 Å². The van der Waals surface area contributed by atoms with Crippen molar-refractivity contribution in [2.75, 3.05) is 31.5 Å². The highest BCUT2D eigenvalue weighted by atomic mass is 35.5. The number of hydrogen-bond acceptors (Lipinski definition) is 4. The highest BCUT2D eigenvalue weighted by Crippen LogP contribution is 2.28. The maximum Gasteiger partial charge on any atom is 0.317 e. The third kappa shape index (κ3) is 5.88. The van der Waals surface area contributed by atoms with E-state index in [1.807, 2.05) is 17.9 Å². The van der Waals surface area contributed by atoms with Gasteiger partial charge in [0.2, 0.25) is 0 Å². The van der Waals surface area contributed by atoms with Crippen LogP contribution >= 0.6 is 11.6 Å². The number of benzene rings is 2. The molecule has 178 valence electrons. The molecule has 1 unspecified atom stereocenters. The number of amides is 3. The number of urea groups is 1. The molecule has 0 aromatic heterocycles. The zero-order valence-electron chi connectivity index (χ0n) is 19.6. The van der Waals surface area contributed by atoms with Crippen LogP contribution in [-0.2, 0) is 6.54 Å². The van der Waals surface area contributed by atoms with E-state index in [0.717, 1.165) is 30.8 Å². The second kappa shape index (κ2) is 10.5. The molecule has 2 aromatic rings. The average molecular weight is 480 g/mol. The predicted octanol–water partition coefficient (Wildman–Crippen LogP) is 4.40. The van der Waals surface area contributed by atoms with Gasteiger partial charge in [-0.05, 0) is 74.1 Å². The summed E-state index contributed by atoms with van der Waals surface area (Å²) in [5, 5.41) is 15.7. The number of nitrogens with one attached hydrogen (secondary N) is 2. The van der Waals surface area contributed by atoms with E-state index in [9.17, 15) is 9.59 Å². The quantitative estimate of drug-likeness (QED) is 0.642. The molecule has 1 heterocycles. The largest absolute Gasteiger partial charge is 0.338 e. The molecule has 2 N–H and O–H groups in total. The summed E-state index contributed by atoms with van der Waals surface area (Å²) in [5.74, 6) is 0.379. The van der Waals surface area contributed by atoms with Gasteiger partial charge in [-0.3, -0.25) is 9.69 Å².